The van der Waals surface area contributed by atoms with E-state index in [-0.39, 0.29) is 0 Å². The van der Waals surface area contributed by atoms with E-state index in [0.717, 1.165) is 32.4 Å². The van der Waals surface area contributed by atoms with E-state index in [1.165, 1.54) is 28.9 Å². The molecule has 4 heterocycles. The number of nitrogens with zero attached hydrogens (tertiary/aromatic N) is 5. The van der Waals surface area contributed by atoms with Gasteiger partial charge in [0.25, 0.3) is 0 Å². The molecule has 3 aromatic rings. The van der Waals surface area contributed by atoms with E-state index in [2.05, 4.69) is 36.0 Å². The lowest BCUT2D eigenvalue weighted by Gasteiger charge is -2.42. The van der Waals surface area contributed by atoms with Crippen LogP contribution in [0.1, 0.15) is 74.1 Å². The summed E-state index contributed by atoms with van der Waals surface area (Å²) in [7, 11) is 0. The third kappa shape index (κ3) is 5.50. The molecule has 6 heteroatoms. The molecule has 0 aliphatic carbocycles. The van der Waals surface area contributed by atoms with Gasteiger partial charge in [-0.3, -0.25) is 19.5 Å². The molecule has 0 aromatic carbocycles. The maximum atomic E-state index is 5.81. The summed E-state index contributed by atoms with van der Waals surface area (Å²) in [6.07, 6.45) is 11.9. The van der Waals surface area contributed by atoms with Gasteiger partial charge in [-0.1, -0.05) is 26.0 Å². The lowest BCUT2D eigenvalue weighted by atomic mass is 9.88. The van der Waals surface area contributed by atoms with Crippen molar-refractivity contribution in [1.29, 1.82) is 0 Å². The molecule has 1 aliphatic heterocycles. The van der Waals surface area contributed by atoms with E-state index < -0.39 is 0 Å². The van der Waals surface area contributed by atoms with Gasteiger partial charge in [0.1, 0.15) is 0 Å². The first kappa shape index (κ1) is 22.9. The van der Waals surface area contributed by atoms with Crippen molar-refractivity contribution in [2.75, 3.05) is 12.3 Å². The predicted molar refractivity (Wildman–Crippen MR) is 127 cm³/mol. The van der Waals surface area contributed by atoms with Crippen LogP contribution in [0.2, 0.25) is 0 Å². The van der Waals surface area contributed by atoms with Crippen molar-refractivity contribution in [3.05, 3.63) is 71.6 Å². The summed E-state index contributed by atoms with van der Waals surface area (Å²) in [4.78, 5) is 12.2. The molecule has 31 heavy (non-hydrogen) atoms. The molecule has 0 spiro atoms. The molecule has 1 fully saturated rings. The number of hydrogen-bond acceptors (Lipinski definition) is 5. The maximum absolute atomic E-state index is 5.81. The summed E-state index contributed by atoms with van der Waals surface area (Å²) in [6, 6.07) is 9.02. The van der Waals surface area contributed by atoms with Crippen molar-refractivity contribution in [3.8, 4) is 0 Å². The SMILES string of the molecule is CC.Cc1cccnc1C1CCCC(c2ncccc2C)N1CCCn1cc(N)cn1. The van der Waals surface area contributed by atoms with Gasteiger partial charge in [-0.2, -0.15) is 5.10 Å². The number of hydrogen-bond donors (Lipinski definition) is 1. The molecule has 2 N–H and O–H groups in total. The number of nitrogen functional groups attached to an aromatic ring is 1. The van der Waals surface area contributed by atoms with Crippen LogP contribution in [0.5, 0.6) is 0 Å². The van der Waals surface area contributed by atoms with Gasteiger partial charge in [0.05, 0.1) is 35.4 Å². The molecule has 0 saturated carbocycles. The van der Waals surface area contributed by atoms with E-state index in [1.807, 2.05) is 49.3 Å². The Morgan fingerprint density at radius 3 is 2.00 bits per heavy atom. The van der Waals surface area contributed by atoms with Crippen LogP contribution in [0.4, 0.5) is 5.69 Å². The molecule has 1 saturated heterocycles. The Kier molecular flexibility index (Phi) is 8.18. The topological polar surface area (TPSA) is 72.9 Å². The molecular weight excluding hydrogens is 384 g/mol. The van der Waals surface area contributed by atoms with Crippen LogP contribution in [0, 0.1) is 13.8 Å². The molecule has 3 aromatic heterocycles. The van der Waals surface area contributed by atoms with Crippen molar-refractivity contribution in [1.82, 2.24) is 24.6 Å². The lowest BCUT2D eigenvalue weighted by Crippen LogP contribution is -2.39. The highest BCUT2D eigenvalue weighted by Gasteiger charge is 2.34. The van der Waals surface area contributed by atoms with Gasteiger partial charge in [0.2, 0.25) is 0 Å². The first-order chi connectivity index (χ1) is 15.1. The Morgan fingerprint density at radius 1 is 0.935 bits per heavy atom. The number of likely N-dealkylation sites (tertiary alicyclic amines) is 1. The summed E-state index contributed by atoms with van der Waals surface area (Å²) < 4.78 is 1.93. The highest BCUT2D eigenvalue weighted by molar-refractivity contribution is 5.30. The highest BCUT2D eigenvalue weighted by atomic mass is 15.3. The summed E-state index contributed by atoms with van der Waals surface area (Å²) in [6.45, 7) is 10.2. The van der Waals surface area contributed by atoms with Crippen molar-refractivity contribution in [2.45, 2.75) is 72.0 Å². The fourth-order valence-electron chi connectivity index (χ4n) is 4.56. The lowest BCUT2D eigenvalue weighted by molar-refractivity contribution is 0.0732. The van der Waals surface area contributed by atoms with Crippen LogP contribution >= 0.6 is 0 Å². The van der Waals surface area contributed by atoms with Crippen molar-refractivity contribution >= 4 is 5.69 Å². The summed E-state index contributed by atoms with van der Waals surface area (Å²) in [5.41, 5.74) is 11.5. The van der Waals surface area contributed by atoms with Gasteiger partial charge < -0.3 is 5.73 Å². The maximum Gasteiger partial charge on any atom is 0.0719 e. The van der Waals surface area contributed by atoms with Crippen molar-refractivity contribution < 1.29 is 0 Å². The van der Waals surface area contributed by atoms with E-state index >= 15 is 0 Å². The Hall–Kier alpha value is -2.73. The quantitative estimate of drug-likeness (QED) is 0.589. The molecule has 166 valence electrons. The number of piperidine rings is 1. The first-order valence-corrected chi connectivity index (χ1v) is 11.5. The van der Waals surface area contributed by atoms with Gasteiger partial charge in [-0.05, 0) is 62.8 Å². The molecule has 0 amide bonds. The van der Waals surface area contributed by atoms with Crippen LogP contribution in [-0.2, 0) is 6.54 Å². The number of nitrogens with two attached hydrogens (primary N) is 1. The Labute approximate surface area is 186 Å². The molecule has 0 radical (unpaired) electrons. The largest absolute Gasteiger partial charge is 0.396 e. The standard InChI is InChI=1S/C23H30N6.C2H6/c1-17-7-4-11-25-22(17)20-9-3-10-21(23-18(2)8-5-12-26-23)29(20)14-6-13-28-16-19(24)15-27-28;1-2/h4-5,7-8,11-12,15-16,20-21H,3,6,9-10,13-14,24H2,1-2H3;1-2H3. The van der Waals surface area contributed by atoms with E-state index in [4.69, 9.17) is 15.7 Å². The fraction of sp³-hybridized carbons (Fsp3) is 0.480. The van der Waals surface area contributed by atoms with Crippen LogP contribution < -0.4 is 5.73 Å². The number of aryl methyl sites for hydroxylation is 3. The second-order valence-electron chi connectivity index (χ2n) is 8.00. The zero-order chi connectivity index (χ0) is 22.2. The van der Waals surface area contributed by atoms with Crippen LogP contribution in [0.25, 0.3) is 0 Å². The number of rotatable bonds is 6. The fourth-order valence-corrected chi connectivity index (χ4v) is 4.56. The monoisotopic (exact) mass is 420 g/mol. The highest BCUT2D eigenvalue weighted by Crippen LogP contribution is 2.42. The normalized spacial score (nSPS) is 19.0. The average molecular weight is 421 g/mol. The van der Waals surface area contributed by atoms with Crippen LogP contribution in [0.15, 0.2) is 49.1 Å². The summed E-state index contributed by atoms with van der Waals surface area (Å²) in [5.74, 6) is 0. The third-order valence-corrected chi connectivity index (χ3v) is 5.94. The van der Waals surface area contributed by atoms with E-state index in [1.54, 1.807) is 6.20 Å². The molecule has 1 aliphatic rings. The minimum absolute atomic E-state index is 0.319. The Balaban J connectivity index is 0.00000132. The molecule has 6 nitrogen and oxygen atoms in total. The first-order valence-electron chi connectivity index (χ1n) is 11.5. The minimum Gasteiger partial charge on any atom is -0.396 e. The molecule has 4 rings (SSSR count). The predicted octanol–water partition coefficient (Wildman–Crippen LogP) is 5.26. The zero-order valence-electron chi connectivity index (χ0n) is 19.3. The second-order valence-corrected chi connectivity index (χ2v) is 8.00. The van der Waals surface area contributed by atoms with Gasteiger partial charge in [-0.15, -0.1) is 0 Å². The second kappa shape index (κ2) is 11.0. The molecule has 2 atom stereocenters. The van der Waals surface area contributed by atoms with Crippen molar-refractivity contribution in [2.24, 2.45) is 0 Å². The van der Waals surface area contributed by atoms with Gasteiger partial charge in [0.15, 0.2) is 0 Å². The zero-order valence-corrected chi connectivity index (χ0v) is 19.3. The van der Waals surface area contributed by atoms with Crippen LogP contribution in [0.3, 0.4) is 0 Å². The number of pyridine rings is 2. The molecule has 0 bridgehead atoms. The van der Waals surface area contributed by atoms with Gasteiger partial charge >= 0.3 is 0 Å². The van der Waals surface area contributed by atoms with E-state index in [0.29, 0.717) is 17.8 Å². The van der Waals surface area contributed by atoms with Gasteiger partial charge in [0, 0.05) is 31.7 Å². The summed E-state index contributed by atoms with van der Waals surface area (Å²) >= 11 is 0. The third-order valence-electron chi connectivity index (χ3n) is 5.94. The van der Waals surface area contributed by atoms with Crippen molar-refractivity contribution in [3.63, 3.8) is 0 Å². The smallest absolute Gasteiger partial charge is 0.0719 e. The minimum atomic E-state index is 0.319. The number of anilines is 1. The molecule has 2 unspecified atom stereocenters. The average Bonchev–Trinajstić information content (AvgIpc) is 3.21. The Bertz CT molecular complexity index is 897. The number of aromatic nitrogens is 4. The Morgan fingerprint density at radius 2 is 1.52 bits per heavy atom. The summed E-state index contributed by atoms with van der Waals surface area (Å²) in [5, 5.41) is 4.33. The van der Waals surface area contributed by atoms with E-state index in [9.17, 15) is 0 Å². The molecular formula is C25H36N6. The van der Waals surface area contributed by atoms with Crippen LogP contribution in [-0.4, -0.2) is 31.2 Å². The van der Waals surface area contributed by atoms with Gasteiger partial charge in [-0.25, -0.2) is 0 Å².